The molecule has 0 aliphatic carbocycles. The van der Waals surface area contributed by atoms with Crippen LogP contribution in [-0.2, 0) is 45.8 Å². The number of halogens is 2. The van der Waals surface area contributed by atoms with Gasteiger partial charge in [-0.2, -0.15) is 0 Å². The second kappa shape index (κ2) is 32.4. The molecule has 482 valence electrons. The molecule has 10 nitrogen and oxygen atoms in total. The molecule has 7 rings (SSSR count). The topological polar surface area (TPSA) is 103 Å². The van der Waals surface area contributed by atoms with E-state index in [2.05, 4.69) is 179 Å². The van der Waals surface area contributed by atoms with Gasteiger partial charge in [-0.05, 0) is 146 Å². The summed E-state index contributed by atoms with van der Waals surface area (Å²) in [5.41, 5.74) is 2.80. The van der Waals surface area contributed by atoms with Crippen molar-refractivity contribution in [3.63, 3.8) is 0 Å². The molecule has 0 saturated carbocycles. The Bertz CT molecular complexity index is 2860. The Morgan fingerprint density at radius 3 is 1.60 bits per heavy atom. The first-order chi connectivity index (χ1) is 41.2. The maximum atomic E-state index is 13.7. The molecule has 2 saturated heterocycles. The lowest BCUT2D eigenvalue weighted by atomic mass is 9.78. The molecule has 15 heteroatoms. The fourth-order valence-electron chi connectivity index (χ4n) is 11.9. The highest BCUT2D eigenvalue weighted by Gasteiger charge is 2.59. The molecule has 0 amide bonds. The summed E-state index contributed by atoms with van der Waals surface area (Å²) in [6.45, 7) is 36.2. The molecule has 0 bridgehead atoms. The van der Waals surface area contributed by atoms with Gasteiger partial charge in [0.05, 0.1) is 70.2 Å². The fourth-order valence-corrected chi connectivity index (χ4v) is 19.0. The number of aliphatic hydroxyl groups excluding tert-OH is 1. The van der Waals surface area contributed by atoms with Gasteiger partial charge in [-0.1, -0.05) is 171 Å². The van der Waals surface area contributed by atoms with Gasteiger partial charge in [0.2, 0.25) is 0 Å². The molecule has 2 fully saturated rings. The van der Waals surface area contributed by atoms with Gasteiger partial charge in [0.15, 0.2) is 22.4 Å². The van der Waals surface area contributed by atoms with Crippen molar-refractivity contribution in [3.8, 4) is 11.5 Å². The minimum atomic E-state index is -2.40. The molecule has 88 heavy (non-hydrogen) atoms. The minimum Gasteiger partial charge on any atom is -1.00 e. The van der Waals surface area contributed by atoms with Crippen molar-refractivity contribution in [3.05, 3.63) is 187 Å². The van der Waals surface area contributed by atoms with E-state index in [-0.39, 0.29) is 71.5 Å². The number of benzene rings is 5. The fraction of sp³-hybridized carbons (Fsp3) is 0.507. The van der Waals surface area contributed by atoms with Crippen LogP contribution in [0.1, 0.15) is 105 Å². The van der Waals surface area contributed by atoms with E-state index in [4.69, 9.17) is 60.2 Å². The first-order valence-electron chi connectivity index (χ1n) is 31.3. The maximum Gasteiger partial charge on any atom is 0.199 e. The van der Waals surface area contributed by atoms with Crippen LogP contribution in [0.3, 0.4) is 0 Å². The SMILES string of the molecule is C=C(Cl)/C=C/[C@H](CC(=C)C[C@H]1O[C@@H]([C@H](O)[C@@]2(OC)C[C@H](O[Si](C)(C)C(C)(C)C)[C@@H](C)[C@@H](CCCC[P+](c3ccccc3)(c3ccccc3)c3ccccc3)O2)[C@H](C)[C@@H](OCc2ccc(OC)cc2)[C@@H]1OCc1ccc(OC)cc1)O[Si](C)(C)C(C)(C)C.[I-]. The summed E-state index contributed by atoms with van der Waals surface area (Å²) in [4.78, 5) is 0. The van der Waals surface area contributed by atoms with Crippen LogP contribution < -0.4 is 49.4 Å². The lowest BCUT2D eigenvalue weighted by molar-refractivity contribution is -0.360. The van der Waals surface area contributed by atoms with Gasteiger partial charge in [0.25, 0.3) is 0 Å². The van der Waals surface area contributed by atoms with Crippen LogP contribution >= 0.6 is 18.9 Å². The molecule has 5 aromatic carbocycles. The summed E-state index contributed by atoms with van der Waals surface area (Å²) in [6.07, 6.45) is 3.51. The zero-order valence-corrected chi connectivity index (χ0v) is 61.1. The van der Waals surface area contributed by atoms with Crippen molar-refractivity contribution in [1.82, 2.24) is 0 Å². The van der Waals surface area contributed by atoms with Gasteiger partial charge in [0.1, 0.15) is 46.9 Å². The van der Waals surface area contributed by atoms with E-state index in [0.29, 0.717) is 24.3 Å². The number of allylic oxidation sites excluding steroid dienone is 2. The molecule has 2 heterocycles. The van der Waals surface area contributed by atoms with Crippen LogP contribution in [0.5, 0.6) is 11.5 Å². The van der Waals surface area contributed by atoms with Crippen LogP contribution in [0.2, 0.25) is 36.3 Å². The molecular formula is C73H103ClIO10PSi2. The smallest absolute Gasteiger partial charge is 0.199 e. The zero-order chi connectivity index (χ0) is 63.4. The third-order valence-electron chi connectivity index (χ3n) is 19.2. The molecule has 2 aliphatic heterocycles. The van der Waals surface area contributed by atoms with Crippen molar-refractivity contribution < 1.29 is 71.1 Å². The highest BCUT2D eigenvalue weighted by atomic mass is 127. The Labute approximate surface area is 554 Å². The zero-order valence-electron chi connectivity index (χ0n) is 55.3. The normalized spacial score (nSPS) is 23.6. The highest BCUT2D eigenvalue weighted by molar-refractivity contribution is 7.95. The number of hydrogen-bond acceptors (Lipinski definition) is 10. The van der Waals surface area contributed by atoms with E-state index in [1.54, 1.807) is 27.4 Å². The summed E-state index contributed by atoms with van der Waals surface area (Å²) in [5, 5.41) is 18.1. The van der Waals surface area contributed by atoms with Gasteiger partial charge < -0.3 is 71.1 Å². The molecule has 2 aliphatic rings. The van der Waals surface area contributed by atoms with Crippen LogP contribution in [0, 0.1) is 11.8 Å². The molecule has 11 atom stereocenters. The third-order valence-corrected chi connectivity index (χ3v) is 32.8. The van der Waals surface area contributed by atoms with E-state index < -0.39 is 66.1 Å². The van der Waals surface area contributed by atoms with E-state index >= 15 is 0 Å². The summed E-state index contributed by atoms with van der Waals surface area (Å²) in [7, 11) is -1.78. The number of methoxy groups -OCH3 is 3. The summed E-state index contributed by atoms with van der Waals surface area (Å²) in [6, 6.07) is 49.1. The Hall–Kier alpha value is -3.52. The maximum absolute atomic E-state index is 13.7. The number of aliphatic hydroxyl groups is 1. The highest BCUT2D eigenvalue weighted by Crippen LogP contribution is 2.56. The quantitative estimate of drug-likeness (QED) is 0.0124. The van der Waals surface area contributed by atoms with Crippen molar-refractivity contribution >= 4 is 51.4 Å². The largest absolute Gasteiger partial charge is 1.00 e. The lowest BCUT2D eigenvalue weighted by Gasteiger charge is -2.54. The third kappa shape index (κ3) is 18.4. The molecule has 0 unspecified atom stereocenters. The Morgan fingerprint density at radius 2 is 1.16 bits per heavy atom. The van der Waals surface area contributed by atoms with Gasteiger partial charge in [-0.3, -0.25) is 0 Å². The predicted molar refractivity (Wildman–Crippen MR) is 366 cm³/mol. The van der Waals surface area contributed by atoms with Crippen molar-refractivity contribution in [2.75, 3.05) is 27.5 Å². The van der Waals surface area contributed by atoms with E-state index in [9.17, 15) is 5.11 Å². The van der Waals surface area contributed by atoms with E-state index in [0.717, 1.165) is 53.6 Å². The van der Waals surface area contributed by atoms with Crippen molar-refractivity contribution in [2.24, 2.45) is 11.8 Å². The molecule has 0 spiro atoms. The average molecular weight is 1390 g/mol. The molecular weight excluding hydrogens is 1290 g/mol. The average Bonchev–Trinajstić information content (AvgIpc) is 1.19. The molecule has 1 N–H and O–H groups in total. The van der Waals surface area contributed by atoms with Gasteiger partial charge in [-0.15, -0.1) is 0 Å². The Balaban J connectivity index is 0.0000124. The van der Waals surface area contributed by atoms with Gasteiger partial charge in [0, 0.05) is 30.4 Å². The molecule has 0 radical (unpaired) electrons. The van der Waals surface area contributed by atoms with Crippen LogP contribution in [0.4, 0.5) is 0 Å². The molecule has 0 aromatic heterocycles. The first kappa shape index (κ1) is 73.5. The summed E-state index contributed by atoms with van der Waals surface area (Å²) >= 11 is 6.38. The van der Waals surface area contributed by atoms with Gasteiger partial charge >= 0.3 is 0 Å². The van der Waals surface area contributed by atoms with Crippen molar-refractivity contribution in [2.45, 2.75) is 198 Å². The first-order valence-corrected chi connectivity index (χ1v) is 39.5. The van der Waals surface area contributed by atoms with Gasteiger partial charge in [-0.25, -0.2) is 0 Å². The standard InChI is InChI=1S/C73H103ClO10PSi2.HI/c1-52(47-60(41-36-53(2)74)83-86(14,15)71(5,6)7)48-65-69(80-51-57-39-44-59(77-12)45-40-57)67(79-50-56-37-42-58(76-11)43-38-56)55(4)68(81-65)70(75)73(78-13)49-66(84-87(16,17)72(8,9)10)54(3)64(82-73)35-27-28-46-85(61-29-21-18-22-30-61,62-31-23-19-24-32-62)63-33-25-20-26-34-63;/h18-26,29-34,36-45,54-55,60,64-70,75H,1-2,27-28,35,46-51H2,3-17H3;1H/q+1;/p-1/b41-36+;/t54-,55+,60+,64+,65+,66-,67+,68+,69+,70-,73+;/m0./s1. The van der Waals surface area contributed by atoms with Crippen LogP contribution in [0.15, 0.2) is 175 Å². The van der Waals surface area contributed by atoms with Crippen LogP contribution in [-0.4, -0.2) is 104 Å². The predicted octanol–water partition coefficient (Wildman–Crippen LogP) is 13.3. The van der Waals surface area contributed by atoms with Crippen LogP contribution in [0.25, 0.3) is 0 Å². The Morgan fingerprint density at radius 1 is 0.682 bits per heavy atom. The summed E-state index contributed by atoms with van der Waals surface area (Å²) in [5.74, 6) is -0.494. The molecule has 5 aromatic rings. The second-order valence-electron chi connectivity index (χ2n) is 27.3. The second-order valence-corrected chi connectivity index (χ2v) is 40.9. The lowest BCUT2D eigenvalue weighted by Crippen LogP contribution is -3.00. The minimum absolute atomic E-state index is 0. The number of unbranched alkanes of at least 4 members (excludes halogenated alkanes) is 1. The van der Waals surface area contributed by atoms with E-state index in [1.807, 2.05) is 54.6 Å². The number of ether oxygens (including phenoxy) is 7. The van der Waals surface area contributed by atoms with Crippen molar-refractivity contribution in [1.29, 1.82) is 0 Å². The summed E-state index contributed by atoms with van der Waals surface area (Å²) < 4.78 is 61.6. The van der Waals surface area contributed by atoms with E-state index in [1.165, 1.54) is 15.9 Å². The monoisotopic (exact) mass is 1390 g/mol. The Kier molecular flexibility index (Phi) is 27.0. The number of rotatable bonds is 29. The number of hydrogen-bond donors (Lipinski definition) is 1.